The first kappa shape index (κ1) is 21.9. The molecule has 1 aromatic heterocycles. The van der Waals surface area contributed by atoms with Crippen LogP contribution in [0.5, 0.6) is 5.75 Å². The second kappa shape index (κ2) is 10.3. The number of methoxy groups -OCH3 is 1. The van der Waals surface area contributed by atoms with E-state index in [2.05, 4.69) is 11.0 Å². The van der Waals surface area contributed by atoms with Crippen molar-refractivity contribution in [1.29, 1.82) is 0 Å². The molecule has 0 unspecified atom stereocenters. The molecule has 2 bridgehead atoms. The molecule has 6 heteroatoms. The number of rotatable bonds is 3. The predicted octanol–water partition coefficient (Wildman–Crippen LogP) is 4.27. The molecule has 0 radical (unpaired) electrons. The van der Waals surface area contributed by atoms with Gasteiger partial charge in [-0.1, -0.05) is 12.5 Å². The SMILES string of the molecule is CO[C@@H]1CCCN2C(=O)c3cccc(c3)OCCN(Cc3ccc(C)o3)CCCC[C@H]12. The summed E-state index contributed by atoms with van der Waals surface area (Å²) in [5, 5.41) is 0. The lowest BCUT2D eigenvalue weighted by Gasteiger charge is -2.41. The number of furan rings is 1. The van der Waals surface area contributed by atoms with Crippen LogP contribution in [0.1, 0.15) is 54.0 Å². The molecule has 2 aliphatic heterocycles. The van der Waals surface area contributed by atoms with Crippen molar-refractivity contribution < 1.29 is 18.7 Å². The van der Waals surface area contributed by atoms with E-state index in [-0.39, 0.29) is 18.1 Å². The smallest absolute Gasteiger partial charge is 0.254 e. The van der Waals surface area contributed by atoms with Gasteiger partial charge in [0.15, 0.2) is 0 Å². The van der Waals surface area contributed by atoms with Crippen molar-refractivity contribution in [3.05, 3.63) is 53.5 Å². The number of aryl methyl sites for hydroxylation is 1. The van der Waals surface area contributed by atoms with E-state index < -0.39 is 0 Å². The van der Waals surface area contributed by atoms with E-state index in [1.807, 2.05) is 42.2 Å². The van der Waals surface area contributed by atoms with Crippen molar-refractivity contribution in [3.63, 3.8) is 0 Å². The topological polar surface area (TPSA) is 55.1 Å². The number of benzene rings is 1. The fourth-order valence-electron chi connectivity index (χ4n) is 4.82. The third-order valence-electron chi connectivity index (χ3n) is 6.44. The van der Waals surface area contributed by atoms with E-state index in [0.717, 1.165) is 75.6 Å². The number of hydrogen-bond acceptors (Lipinski definition) is 5. The van der Waals surface area contributed by atoms with Gasteiger partial charge in [0.05, 0.1) is 18.7 Å². The van der Waals surface area contributed by atoms with Gasteiger partial charge in [0.2, 0.25) is 0 Å². The first-order valence-corrected chi connectivity index (χ1v) is 11.5. The second-order valence-electron chi connectivity index (χ2n) is 8.64. The molecule has 31 heavy (non-hydrogen) atoms. The van der Waals surface area contributed by atoms with Gasteiger partial charge in [0.1, 0.15) is 23.9 Å². The maximum Gasteiger partial charge on any atom is 0.254 e. The number of fused-ring (bicyclic) bond motifs is 3. The Morgan fingerprint density at radius 1 is 1.06 bits per heavy atom. The first-order chi connectivity index (χ1) is 15.1. The van der Waals surface area contributed by atoms with E-state index in [4.69, 9.17) is 13.9 Å². The summed E-state index contributed by atoms with van der Waals surface area (Å²) in [6.07, 6.45) is 5.19. The molecule has 0 aliphatic carbocycles. The Morgan fingerprint density at radius 3 is 2.77 bits per heavy atom. The number of amides is 1. The molecular formula is C25H34N2O4. The molecule has 168 valence electrons. The molecule has 1 amide bonds. The molecule has 0 saturated carbocycles. The zero-order chi connectivity index (χ0) is 21.6. The minimum Gasteiger partial charge on any atom is -0.492 e. The van der Waals surface area contributed by atoms with Crippen LogP contribution in [-0.4, -0.2) is 61.2 Å². The summed E-state index contributed by atoms with van der Waals surface area (Å²) < 4.78 is 17.6. The Kier molecular flexibility index (Phi) is 7.30. The zero-order valence-electron chi connectivity index (χ0n) is 18.7. The second-order valence-corrected chi connectivity index (χ2v) is 8.64. The maximum atomic E-state index is 13.3. The summed E-state index contributed by atoms with van der Waals surface area (Å²) in [6.45, 7) is 5.92. The summed E-state index contributed by atoms with van der Waals surface area (Å²) in [4.78, 5) is 17.8. The Hall–Kier alpha value is -2.31. The van der Waals surface area contributed by atoms with Crippen LogP contribution in [0.25, 0.3) is 0 Å². The molecule has 1 fully saturated rings. The van der Waals surface area contributed by atoms with Crippen LogP contribution in [0, 0.1) is 6.92 Å². The van der Waals surface area contributed by atoms with Gasteiger partial charge in [-0.15, -0.1) is 0 Å². The molecule has 2 aromatic rings. The number of ether oxygens (including phenoxy) is 2. The Morgan fingerprint density at radius 2 is 1.97 bits per heavy atom. The summed E-state index contributed by atoms with van der Waals surface area (Å²) >= 11 is 0. The molecular weight excluding hydrogens is 392 g/mol. The quantitative estimate of drug-likeness (QED) is 0.734. The Bertz CT molecular complexity index is 865. The number of nitrogens with zero attached hydrogens (tertiary/aromatic N) is 2. The maximum absolute atomic E-state index is 13.3. The summed E-state index contributed by atoms with van der Waals surface area (Å²) in [5.41, 5.74) is 0.694. The third kappa shape index (κ3) is 5.49. The van der Waals surface area contributed by atoms with Crippen LogP contribution in [-0.2, 0) is 11.3 Å². The fraction of sp³-hybridized carbons (Fsp3) is 0.560. The van der Waals surface area contributed by atoms with E-state index in [1.165, 1.54) is 0 Å². The molecule has 2 atom stereocenters. The van der Waals surface area contributed by atoms with Crippen molar-refractivity contribution in [2.24, 2.45) is 0 Å². The van der Waals surface area contributed by atoms with E-state index in [1.54, 1.807) is 7.11 Å². The van der Waals surface area contributed by atoms with E-state index >= 15 is 0 Å². The standard InChI is InChI=1S/C25H34N2O4/c1-19-11-12-22(31-19)18-26-13-4-3-9-23-24(29-2)10-6-14-27(23)25(28)20-7-5-8-21(17-20)30-16-15-26/h5,7-8,11-12,17,23-24H,3-4,6,9-10,13-16,18H2,1-2H3/t23-,24-/m1/s1. The number of piperidine rings is 1. The van der Waals surface area contributed by atoms with Crippen LogP contribution >= 0.6 is 0 Å². The van der Waals surface area contributed by atoms with Crippen LogP contribution in [0.15, 0.2) is 40.8 Å². The van der Waals surface area contributed by atoms with Gasteiger partial charge in [0.25, 0.3) is 5.91 Å². The number of carbonyl (C=O) groups is 1. The lowest BCUT2D eigenvalue weighted by molar-refractivity contribution is -0.0156. The molecule has 2 aliphatic rings. The largest absolute Gasteiger partial charge is 0.492 e. The van der Waals surface area contributed by atoms with Crippen LogP contribution < -0.4 is 4.74 Å². The highest BCUT2D eigenvalue weighted by molar-refractivity contribution is 5.95. The monoisotopic (exact) mass is 426 g/mol. The lowest BCUT2D eigenvalue weighted by Crippen LogP contribution is -2.51. The number of carbonyl (C=O) groups excluding carboxylic acids is 1. The minimum atomic E-state index is 0.0871. The van der Waals surface area contributed by atoms with Gasteiger partial charge in [0, 0.05) is 25.8 Å². The summed E-state index contributed by atoms with van der Waals surface area (Å²) in [6, 6.07) is 11.8. The van der Waals surface area contributed by atoms with Crippen molar-refractivity contribution in [3.8, 4) is 5.75 Å². The molecule has 1 saturated heterocycles. The van der Waals surface area contributed by atoms with Crippen molar-refractivity contribution in [2.75, 3.05) is 33.4 Å². The normalized spacial score (nSPS) is 23.7. The highest BCUT2D eigenvalue weighted by atomic mass is 16.5. The third-order valence-corrected chi connectivity index (χ3v) is 6.44. The van der Waals surface area contributed by atoms with Gasteiger partial charge in [-0.3, -0.25) is 9.69 Å². The molecule has 0 N–H and O–H groups in total. The van der Waals surface area contributed by atoms with Gasteiger partial charge in [-0.2, -0.15) is 0 Å². The Labute approximate surface area is 185 Å². The predicted molar refractivity (Wildman–Crippen MR) is 119 cm³/mol. The molecule has 4 rings (SSSR count). The van der Waals surface area contributed by atoms with Crippen LogP contribution in [0.4, 0.5) is 0 Å². The highest BCUT2D eigenvalue weighted by Gasteiger charge is 2.34. The average Bonchev–Trinajstić information content (AvgIpc) is 3.20. The van der Waals surface area contributed by atoms with Crippen molar-refractivity contribution in [1.82, 2.24) is 9.80 Å². The average molecular weight is 427 g/mol. The van der Waals surface area contributed by atoms with E-state index in [0.29, 0.717) is 12.2 Å². The molecule has 6 nitrogen and oxygen atoms in total. The Balaban J connectivity index is 1.53. The molecule has 3 heterocycles. The molecule has 0 spiro atoms. The molecule has 1 aromatic carbocycles. The van der Waals surface area contributed by atoms with Gasteiger partial charge in [-0.25, -0.2) is 0 Å². The lowest BCUT2D eigenvalue weighted by atomic mass is 9.93. The van der Waals surface area contributed by atoms with Gasteiger partial charge < -0.3 is 18.8 Å². The highest BCUT2D eigenvalue weighted by Crippen LogP contribution is 2.27. The van der Waals surface area contributed by atoms with Crippen LogP contribution in [0.2, 0.25) is 0 Å². The van der Waals surface area contributed by atoms with Crippen LogP contribution in [0.3, 0.4) is 0 Å². The number of hydrogen-bond donors (Lipinski definition) is 0. The minimum absolute atomic E-state index is 0.0871. The van der Waals surface area contributed by atoms with Gasteiger partial charge >= 0.3 is 0 Å². The zero-order valence-corrected chi connectivity index (χ0v) is 18.7. The summed E-state index contributed by atoms with van der Waals surface area (Å²) in [7, 11) is 1.77. The summed E-state index contributed by atoms with van der Waals surface area (Å²) in [5.74, 6) is 2.76. The van der Waals surface area contributed by atoms with Gasteiger partial charge in [-0.05, 0) is 69.5 Å². The van der Waals surface area contributed by atoms with E-state index in [9.17, 15) is 4.79 Å². The van der Waals surface area contributed by atoms with Crippen molar-refractivity contribution in [2.45, 2.75) is 57.7 Å². The first-order valence-electron chi connectivity index (χ1n) is 11.5. The van der Waals surface area contributed by atoms with Crippen molar-refractivity contribution >= 4 is 5.91 Å². The fourth-order valence-corrected chi connectivity index (χ4v) is 4.82.